The Hall–Kier alpha value is -2.27. The Bertz CT molecular complexity index is 901. The molecule has 0 saturated carbocycles. The molecule has 1 aromatic carbocycles. The van der Waals surface area contributed by atoms with Crippen molar-refractivity contribution in [2.45, 2.75) is 91.1 Å². The van der Waals surface area contributed by atoms with E-state index in [9.17, 15) is 18.4 Å². The Morgan fingerprint density at radius 1 is 1.09 bits per heavy atom. The van der Waals surface area contributed by atoms with Crippen molar-refractivity contribution in [2.24, 2.45) is 0 Å². The molecule has 190 valence electrons. The maximum Gasteiger partial charge on any atom is 0.494 e. The van der Waals surface area contributed by atoms with Crippen LogP contribution in [-0.2, 0) is 23.6 Å². The maximum absolute atomic E-state index is 15.3. The molecule has 1 atom stereocenters. The van der Waals surface area contributed by atoms with Gasteiger partial charge in [0.1, 0.15) is 11.4 Å². The zero-order valence-corrected chi connectivity index (χ0v) is 20.9. The fourth-order valence-corrected chi connectivity index (χ4v) is 3.30. The molecule has 1 aliphatic heterocycles. The Balaban J connectivity index is 2.55. The molecule has 0 radical (unpaired) electrons. The van der Waals surface area contributed by atoms with Crippen LogP contribution in [0.4, 0.5) is 18.0 Å². The molecule has 11 heteroatoms. The molecule has 0 bridgehead atoms. The number of rotatable bonds is 7. The third-order valence-corrected chi connectivity index (χ3v) is 5.65. The highest BCUT2D eigenvalue weighted by molar-refractivity contribution is 6.62. The van der Waals surface area contributed by atoms with E-state index in [2.05, 4.69) is 5.32 Å². The number of hydrogen-bond acceptors (Lipinski definition) is 6. The Morgan fingerprint density at radius 2 is 1.62 bits per heavy atom. The SMILES string of the molecule is CCOC(=O)C[C@H](NC(=O)OC(C)(C)C)c1cc(B2OC(C)(C)C(C)(C)O2)cc(C(F)F)c1F. The molecule has 1 aliphatic rings. The predicted octanol–water partition coefficient (Wildman–Crippen LogP) is 4.58. The average Bonchev–Trinajstić information content (AvgIpc) is 2.87. The van der Waals surface area contributed by atoms with Crippen molar-refractivity contribution in [2.75, 3.05) is 6.61 Å². The number of carbonyl (C=O) groups excluding carboxylic acids is 2. The summed E-state index contributed by atoms with van der Waals surface area (Å²) in [6.07, 6.45) is -4.61. The van der Waals surface area contributed by atoms with Gasteiger partial charge in [-0.15, -0.1) is 0 Å². The first-order valence-corrected chi connectivity index (χ1v) is 11.1. The summed E-state index contributed by atoms with van der Waals surface area (Å²) in [5, 5.41) is 2.41. The second-order valence-electron chi connectivity index (χ2n) is 10.1. The lowest BCUT2D eigenvalue weighted by molar-refractivity contribution is -0.143. The second kappa shape index (κ2) is 10.2. The van der Waals surface area contributed by atoms with Gasteiger partial charge in [0.15, 0.2) is 0 Å². The smallest absolute Gasteiger partial charge is 0.466 e. The van der Waals surface area contributed by atoms with Gasteiger partial charge in [0.2, 0.25) is 0 Å². The molecule has 2 rings (SSSR count). The van der Waals surface area contributed by atoms with Crippen molar-refractivity contribution in [1.29, 1.82) is 0 Å². The summed E-state index contributed by atoms with van der Waals surface area (Å²) in [6, 6.07) is 0.888. The van der Waals surface area contributed by atoms with Crippen LogP contribution < -0.4 is 10.8 Å². The number of alkyl halides is 2. The lowest BCUT2D eigenvalue weighted by Gasteiger charge is -2.32. The van der Waals surface area contributed by atoms with Crippen LogP contribution in [-0.4, -0.2) is 42.6 Å². The number of benzene rings is 1. The summed E-state index contributed by atoms with van der Waals surface area (Å²) >= 11 is 0. The van der Waals surface area contributed by atoms with Gasteiger partial charge in [0, 0.05) is 5.56 Å². The predicted molar refractivity (Wildman–Crippen MR) is 120 cm³/mol. The normalized spacial score (nSPS) is 18.1. The molecule has 0 aliphatic carbocycles. The molecule has 1 aromatic rings. The van der Waals surface area contributed by atoms with Crippen molar-refractivity contribution in [3.63, 3.8) is 0 Å². The number of amides is 1. The van der Waals surface area contributed by atoms with Crippen LogP contribution in [0.2, 0.25) is 0 Å². The molecule has 0 unspecified atom stereocenters. The van der Waals surface area contributed by atoms with Crippen molar-refractivity contribution >= 4 is 24.6 Å². The summed E-state index contributed by atoms with van der Waals surface area (Å²) in [5.74, 6) is -2.00. The van der Waals surface area contributed by atoms with Crippen molar-refractivity contribution in [3.05, 3.63) is 29.1 Å². The molecule has 0 spiro atoms. The van der Waals surface area contributed by atoms with E-state index in [0.29, 0.717) is 0 Å². The largest absolute Gasteiger partial charge is 0.494 e. The number of alkyl carbamates (subject to hydrolysis) is 1. The van der Waals surface area contributed by atoms with E-state index in [1.807, 2.05) is 0 Å². The molecule has 7 nitrogen and oxygen atoms in total. The van der Waals surface area contributed by atoms with Gasteiger partial charge in [-0.1, -0.05) is 12.1 Å². The van der Waals surface area contributed by atoms with Gasteiger partial charge in [0.25, 0.3) is 6.43 Å². The highest BCUT2D eigenvalue weighted by Gasteiger charge is 2.52. The standard InChI is InChI=1S/C23H33BF3NO6/c1-9-31-17(29)12-16(28-20(30)32-21(2,3)4)14-10-13(11-15(18(14)25)19(26)27)24-33-22(5,6)23(7,8)34-24/h10-11,16,19H,9,12H2,1-8H3,(H,28,30)/t16-/m0/s1. The minimum Gasteiger partial charge on any atom is -0.466 e. The molecular weight excluding hydrogens is 454 g/mol. The zero-order valence-electron chi connectivity index (χ0n) is 20.9. The van der Waals surface area contributed by atoms with Gasteiger partial charge in [-0.05, 0) is 60.9 Å². The van der Waals surface area contributed by atoms with Gasteiger partial charge < -0.3 is 24.1 Å². The van der Waals surface area contributed by atoms with Crippen LogP contribution in [0.3, 0.4) is 0 Å². The van der Waals surface area contributed by atoms with Crippen LogP contribution in [0.25, 0.3) is 0 Å². The number of esters is 1. The topological polar surface area (TPSA) is 83.1 Å². The first-order chi connectivity index (χ1) is 15.5. The van der Waals surface area contributed by atoms with Gasteiger partial charge in [-0.25, -0.2) is 18.0 Å². The van der Waals surface area contributed by atoms with E-state index < -0.39 is 66.3 Å². The van der Waals surface area contributed by atoms with Crippen molar-refractivity contribution < 1.29 is 41.5 Å². The van der Waals surface area contributed by atoms with Crippen LogP contribution in [0.1, 0.15) is 85.4 Å². The third-order valence-electron chi connectivity index (χ3n) is 5.65. The number of ether oxygens (including phenoxy) is 2. The number of halogens is 3. The first-order valence-electron chi connectivity index (χ1n) is 11.1. The lowest BCUT2D eigenvalue weighted by Crippen LogP contribution is -2.41. The molecule has 1 amide bonds. The highest BCUT2D eigenvalue weighted by Crippen LogP contribution is 2.37. The summed E-state index contributed by atoms with van der Waals surface area (Å²) in [5.41, 5.74) is -3.52. The fourth-order valence-electron chi connectivity index (χ4n) is 3.30. The molecule has 1 N–H and O–H groups in total. The molecule has 1 saturated heterocycles. The molecule has 1 fully saturated rings. The molecule has 34 heavy (non-hydrogen) atoms. The summed E-state index contributed by atoms with van der Waals surface area (Å²) in [4.78, 5) is 24.6. The molecule has 1 heterocycles. The first kappa shape index (κ1) is 28.0. The Morgan fingerprint density at radius 3 is 2.09 bits per heavy atom. The van der Waals surface area contributed by atoms with E-state index in [-0.39, 0.29) is 17.6 Å². The zero-order chi connectivity index (χ0) is 26.1. The lowest BCUT2D eigenvalue weighted by atomic mass is 9.76. The molecule has 0 aromatic heterocycles. The van der Waals surface area contributed by atoms with E-state index in [0.717, 1.165) is 6.07 Å². The minimum atomic E-state index is -3.16. The fraction of sp³-hybridized carbons (Fsp3) is 0.652. The van der Waals surface area contributed by atoms with Crippen LogP contribution in [0.5, 0.6) is 0 Å². The maximum atomic E-state index is 15.3. The van der Waals surface area contributed by atoms with E-state index in [1.165, 1.54) is 6.07 Å². The van der Waals surface area contributed by atoms with Gasteiger partial charge in [-0.3, -0.25) is 4.79 Å². The van der Waals surface area contributed by atoms with Crippen molar-refractivity contribution in [3.8, 4) is 0 Å². The Labute approximate surface area is 198 Å². The van der Waals surface area contributed by atoms with Crippen molar-refractivity contribution in [1.82, 2.24) is 5.32 Å². The third kappa shape index (κ3) is 6.66. The summed E-state index contributed by atoms with van der Waals surface area (Å²) < 4.78 is 64.8. The monoisotopic (exact) mass is 487 g/mol. The average molecular weight is 487 g/mol. The van der Waals surface area contributed by atoms with Gasteiger partial charge >= 0.3 is 19.2 Å². The van der Waals surface area contributed by atoms with Gasteiger partial charge in [-0.2, -0.15) is 0 Å². The highest BCUT2D eigenvalue weighted by atomic mass is 19.3. The van der Waals surface area contributed by atoms with Gasteiger partial charge in [0.05, 0.1) is 35.8 Å². The number of carbonyl (C=O) groups is 2. The quantitative estimate of drug-likeness (QED) is 0.448. The van der Waals surface area contributed by atoms with E-state index >= 15 is 4.39 Å². The minimum absolute atomic E-state index is 0.0523. The number of hydrogen-bond donors (Lipinski definition) is 1. The number of nitrogens with one attached hydrogen (secondary N) is 1. The summed E-state index contributed by atoms with van der Waals surface area (Å²) in [6.45, 7) is 13.7. The van der Waals surface area contributed by atoms with E-state index in [1.54, 1.807) is 55.4 Å². The molecular formula is C23H33BF3NO6. The van der Waals surface area contributed by atoms with Crippen LogP contribution in [0.15, 0.2) is 12.1 Å². The van der Waals surface area contributed by atoms with Crippen LogP contribution in [0, 0.1) is 5.82 Å². The summed E-state index contributed by atoms with van der Waals surface area (Å²) in [7, 11) is -1.06. The van der Waals surface area contributed by atoms with E-state index in [4.69, 9.17) is 18.8 Å². The Kier molecular flexibility index (Phi) is 8.35. The second-order valence-corrected chi connectivity index (χ2v) is 10.1. The van der Waals surface area contributed by atoms with Crippen LogP contribution >= 0.6 is 0 Å².